The van der Waals surface area contributed by atoms with Gasteiger partial charge in [-0.1, -0.05) is 68.3 Å². The van der Waals surface area contributed by atoms with Crippen LogP contribution < -0.4 is 5.32 Å². The van der Waals surface area contributed by atoms with Crippen molar-refractivity contribution in [3.63, 3.8) is 0 Å². The Labute approximate surface area is 122 Å². The molecule has 20 heavy (non-hydrogen) atoms. The minimum absolute atomic E-state index is 0.518. The lowest BCUT2D eigenvalue weighted by atomic mass is 9.97. The van der Waals surface area contributed by atoms with Gasteiger partial charge in [-0.3, -0.25) is 0 Å². The lowest BCUT2D eigenvalue weighted by Gasteiger charge is -2.14. The lowest BCUT2D eigenvalue weighted by molar-refractivity contribution is 0.595. The fourth-order valence-electron chi connectivity index (χ4n) is 3.23. The SMILES string of the molecule is CCCCCNCC1c2ccccc2-c2ccccc21. The van der Waals surface area contributed by atoms with Gasteiger partial charge in [-0.05, 0) is 35.2 Å². The molecule has 0 saturated heterocycles. The average Bonchev–Trinajstić information content (AvgIpc) is 2.82. The van der Waals surface area contributed by atoms with Crippen LogP contribution >= 0.6 is 0 Å². The summed E-state index contributed by atoms with van der Waals surface area (Å²) >= 11 is 0. The van der Waals surface area contributed by atoms with Crippen LogP contribution in [0.1, 0.15) is 43.2 Å². The molecule has 0 radical (unpaired) electrons. The maximum Gasteiger partial charge on any atom is 0.0227 e. The number of benzene rings is 2. The van der Waals surface area contributed by atoms with Gasteiger partial charge in [0.05, 0.1) is 0 Å². The Bertz CT molecular complexity index is 528. The lowest BCUT2D eigenvalue weighted by Crippen LogP contribution is -2.22. The van der Waals surface area contributed by atoms with E-state index in [9.17, 15) is 0 Å². The van der Waals surface area contributed by atoms with Gasteiger partial charge in [0.2, 0.25) is 0 Å². The van der Waals surface area contributed by atoms with Gasteiger partial charge in [-0.25, -0.2) is 0 Å². The van der Waals surface area contributed by atoms with Crippen molar-refractivity contribution >= 4 is 0 Å². The van der Waals surface area contributed by atoms with Crippen LogP contribution in [-0.2, 0) is 0 Å². The molecule has 0 bridgehead atoms. The predicted molar refractivity (Wildman–Crippen MR) is 86.1 cm³/mol. The van der Waals surface area contributed by atoms with Crippen molar-refractivity contribution in [1.82, 2.24) is 5.32 Å². The van der Waals surface area contributed by atoms with Gasteiger partial charge in [0, 0.05) is 12.5 Å². The highest BCUT2D eigenvalue weighted by Crippen LogP contribution is 2.43. The van der Waals surface area contributed by atoms with Crippen LogP contribution in [0.5, 0.6) is 0 Å². The quantitative estimate of drug-likeness (QED) is 0.754. The first-order chi connectivity index (χ1) is 9.92. The summed E-state index contributed by atoms with van der Waals surface area (Å²) in [6.07, 6.45) is 3.90. The zero-order chi connectivity index (χ0) is 13.8. The van der Waals surface area contributed by atoms with E-state index in [-0.39, 0.29) is 0 Å². The molecule has 0 unspecified atom stereocenters. The fraction of sp³-hybridized carbons (Fsp3) is 0.368. The molecule has 104 valence electrons. The highest BCUT2D eigenvalue weighted by molar-refractivity contribution is 5.78. The van der Waals surface area contributed by atoms with Crippen LogP contribution in [0.4, 0.5) is 0 Å². The second-order valence-corrected chi connectivity index (χ2v) is 5.64. The number of rotatable bonds is 6. The van der Waals surface area contributed by atoms with Crippen LogP contribution in [-0.4, -0.2) is 13.1 Å². The van der Waals surface area contributed by atoms with Crippen molar-refractivity contribution < 1.29 is 0 Å². The van der Waals surface area contributed by atoms with Crippen LogP contribution in [0.2, 0.25) is 0 Å². The van der Waals surface area contributed by atoms with E-state index in [2.05, 4.69) is 60.8 Å². The number of hydrogen-bond acceptors (Lipinski definition) is 1. The third-order valence-electron chi connectivity index (χ3n) is 4.27. The van der Waals surface area contributed by atoms with Crippen LogP contribution in [0.25, 0.3) is 11.1 Å². The van der Waals surface area contributed by atoms with Gasteiger partial charge >= 0.3 is 0 Å². The number of hydrogen-bond donors (Lipinski definition) is 1. The molecule has 2 aromatic rings. The molecule has 0 aliphatic heterocycles. The Kier molecular flexibility index (Phi) is 4.17. The molecule has 0 spiro atoms. The molecule has 0 fully saturated rings. The summed E-state index contributed by atoms with van der Waals surface area (Å²) in [5.41, 5.74) is 5.81. The third kappa shape index (κ3) is 2.51. The standard InChI is InChI=1S/C19H23N/c1-2-3-8-13-20-14-19-17-11-6-4-9-15(17)16-10-5-7-12-18(16)19/h4-7,9-12,19-20H,2-3,8,13-14H2,1H3. The monoisotopic (exact) mass is 265 g/mol. The molecule has 1 nitrogen and oxygen atoms in total. The molecular formula is C19H23N. The minimum atomic E-state index is 0.518. The third-order valence-corrected chi connectivity index (χ3v) is 4.27. The highest BCUT2D eigenvalue weighted by Gasteiger charge is 2.27. The minimum Gasteiger partial charge on any atom is -0.316 e. The highest BCUT2D eigenvalue weighted by atomic mass is 14.9. The predicted octanol–water partition coefficient (Wildman–Crippen LogP) is 4.58. The van der Waals surface area contributed by atoms with Crippen LogP contribution in [0, 0.1) is 0 Å². The summed E-state index contributed by atoms with van der Waals surface area (Å²) in [7, 11) is 0. The van der Waals surface area contributed by atoms with Gasteiger partial charge < -0.3 is 5.32 Å². The Hall–Kier alpha value is -1.60. The molecule has 0 heterocycles. The average molecular weight is 265 g/mol. The molecule has 1 aliphatic carbocycles. The van der Waals surface area contributed by atoms with Gasteiger partial charge in [-0.2, -0.15) is 0 Å². The first-order valence-corrected chi connectivity index (χ1v) is 7.80. The van der Waals surface area contributed by atoms with E-state index in [1.807, 2.05) is 0 Å². The maximum absolute atomic E-state index is 3.64. The van der Waals surface area contributed by atoms with Gasteiger partial charge in [0.1, 0.15) is 0 Å². The van der Waals surface area contributed by atoms with Gasteiger partial charge in [0.15, 0.2) is 0 Å². The van der Waals surface area contributed by atoms with Gasteiger partial charge in [-0.15, -0.1) is 0 Å². The first kappa shape index (κ1) is 13.4. The molecular weight excluding hydrogens is 242 g/mol. The van der Waals surface area contributed by atoms with Crippen LogP contribution in [0.3, 0.4) is 0 Å². The van der Waals surface area contributed by atoms with Gasteiger partial charge in [0.25, 0.3) is 0 Å². The zero-order valence-electron chi connectivity index (χ0n) is 12.2. The Morgan fingerprint density at radius 3 is 2.05 bits per heavy atom. The van der Waals surface area contributed by atoms with Crippen molar-refractivity contribution in [3.8, 4) is 11.1 Å². The van der Waals surface area contributed by atoms with E-state index in [0.29, 0.717) is 5.92 Å². The first-order valence-electron chi connectivity index (χ1n) is 7.80. The molecule has 2 aromatic carbocycles. The molecule has 3 rings (SSSR count). The molecule has 0 saturated carbocycles. The van der Waals surface area contributed by atoms with Crippen LogP contribution in [0.15, 0.2) is 48.5 Å². The molecule has 1 heteroatoms. The molecule has 1 N–H and O–H groups in total. The van der Waals surface area contributed by atoms with Crippen molar-refractivity contribution in [2.24, 2.45) is 0 Å². The molecule has 0 aromatic heterocycles. The van der Waals surface area contributed by atoms with Crippen molar-refractivity contribution in [1.29, 1.82) is 0 Å². The zero-order valence-corrected chi connectivity index (χ0v) is 12.2. The molecule has 0 atom stereocenters. The van der Waals surface area contributed by atoms with E-state index >= 15 is 0 Å². The van der Waals surface area contributed by atoms with Crippen molar-refractivity contribution in [2.45, 2.75) is 32.1 Å². The largest absolute Gasteiger partial charge is 0.316 e. The van der Waals surface area contributed by atoms with E-state index in [1.165, 1.54) is 41.5 Å². The number of fused-ring (bicyclic) bond motifs is 3. The maximum atomic E-state index is 3.64. The topological polar surface area (TPSA) is 12.0 Å². The summed E-state index contributed by atoms with van der Waals surface area (Å²) in [5.74, 6) is 0.518. The smallest absolute Gasteiger partial charge is 0.0227 e. The second-order valence-electron chi connectivity index (χ2n) is 5.64. The summed E-state index contributed by atoms with van der Waals surface area (Å²) in [6.45, 7) is 4.44. The van der Waals surface area contributed by atoms with E-state index in [4.69, 9.17) is 0 Å². The van der Waals surface area contributed by atoms with E-state index in [1.54, 1.807) is 0 Å². The van der Waals surface area contributed by atoms with Crippen molar-refractivity contribution in [2.75, 3.05) is 13.1 Å². The fourth-order valence-corrected chi connectivity index (χ4v) is 3.23. The number of unbranched alkanes of at least 4 members (excludes halogenated alkanes) is 2. The van der Waals surface area contributed by atoms with E-state index in [0.717, 1.165) is 13.1 Å². The summed E-state index contributed by atoms with van der Waals surface area (Å²) in [4.78, 5) is 0. The molecule has 1 aliphatic rings. The summed E-state index contributed by atoms with van der Waals surface area (Å²) in [6, 6.07) is 17.7. The normalized spacial score (nSPS) is 13.2. The van der Waals surface area contributed by atoms with E-state index < -0.39 is 0 Å². The summed E-state index contributed by atoms with van der Waals surface area (Å²) in [5, 5.41) is 3.64. The Morgan fingerprint density at radius 2 is 1.45 bits per heavy atom. The Morgan fingerprint density at radius 1 is 0.850 bits per heavy atom. The number of nitrogens with one attached hydrogen (secondary N) is 1. The second kappa shape index (κ2) is 6.23. The van der Waals surface area contributed by atoms with Crippen molar-refractivity contribution in [3.05, 3.63) is 59.7 Å². The Balaban J connectivity index is 1.77. The molecule has 0 amide bonds. The summed E-state index contributed by atoms with van der Waals surface area (Å²) < 4.78 is 0.